The highest BCUT2D eigenvalue weighted by Crippen LogP contribution is 2.13. The van der Waals surface area contributed by atoms with E-state index < -0.39 is 0 Å². The normalized spacial score (nSPS) is 10.1. The summed E-state index contributed by atoms with van der Waals surface area (Å²) in [4.78, 5) is 14.1. The van der Waals surface area contributed by atoms with Crippen molar-refractivity contribution in [3.8, 4) is 5.75 Å². The molecule has 0 fully saturated rings. The first-order valence-electron chi connectivity index (χ1n) is 7.87. The summed E-state index contributed by atoms with van der Waals surface area (Å²) in [5.74, 6) is 0.669. The number of aryl methyl sites for hydroxylation is 1. The molecule has 2 aromatic carbocycles. The predicted molar refractivity (Wildman–Crippen MR) is 93.4 cm³/mol. The molecule has 1 amide bonds. The molecule has 0 spiro atoms. The number of amides is 1. The molecular weight excluding hydrogens is 286 g/mol. The van der Waals surface area contributed by atoms with E-state index in [9.17, 15) is 4.79 Å². The Kier molecular flexibility index (Phi) is 6.42. The van der Waals surface area contributed by atoms with Crippen molar-refractivity contribution in [3.05, 3.63) is 78.4 Å². The van der Waals surface area contributed by atoms with Gasteiger partial charge in [-0.1, -0.05) is 55.5 Å². The number of hydrogen-bond donors (Lipinski definition) is 0. The van der Waals surface area contributed by atoms with Gasteiger partial charge in [0.05, 0.1) is 0 Å². The topological polar surface area (TPSA) is 29.5 Å². The van der Waals surface area contributed by atoms with Gasteiger partial charge in [-0.3, -0.25) is 4.79 Å². The van der Waals surface area contributed by atoms with Crippen LogP contribution in [0.5, 0.6) is 5.75 Å². The number of carbonyl (C=O) groups is 1. The average Bonchev–Trinajstić information content (AvgIpc) is 2.60. The minimum absolute atomic E-state index is 0.0339. The van der Waals surface area contributed by atoms with Crippen LogP contribution >= 0.6 is 0 Å². The molecule has 0 atom stereocenters. The summed E-state index contributed by atoms with van der Waals surface area (Å²) >= 11 is 0. The lowest BCUT2D eigenvalue weighted by atomic mass is 10.2. The van der Waals surface area contributed by atoms with Gasteiger partial charge in [0.1, 0.15) is 5.75 Å². The van der Waals surface area contributed by atoms with Crippen LogP contribution < -0.4 is 4.74 Å². The van der Waals surface area contributed by atoms with Gasteiger partial charge in [0.25, 0.3) is 5.91 Å². The van der Waals surface area contributed by atoms with Gasteiger partial charge in [0, 0.05) is 13.1 Å². The van der Waals surface area contributed by atoms with Crippen molar-refractivity contribution >= 4 is 5.91 Å². The van der Waals surface area contributed by atoms with E-state index >= 15 is 0 Å². The SMILES string of the molecule is C=CCN(Cc1ccccc1)C(=O)COc1ccc(CC)cc1. The van der Waals surface area contributed by atoms with Crippen LogP contribution in [-0.4, -0.2) is 24.0 Å². The molecule has 120 valence electrons. The Morgan fingerprint density at radius 2 is 1.78 bits per heavy atom. The molecule has 0 aliphatic carbocycles. The van der Waals surface area contributed by atoms with Crippen LogP contribution in [0.25, 0.3) is 0 Å². The lowest BCUT2D eigenvalue weighted by Gasteiger charge is -2.21. The molecule has 0 unspecified atom stereocenters. The Morgan fingerprint density at radius 1 is 1.09 bits per heavy atom. The molecule has 2 rings (SSSR count). The zero-order valence-corrected chi connectivity index (χ0v) is 13.6. The zero-order valence-electron chi connectivity index (χ0n) is 13.6. The Bertz CT molecular complexity index is 620. The summed E-state index contributed by atoms with van der Waals surface area (Å²) in [7, 11) is 0. The first kappa shape index (κ1) is 16.8. The second kappa shape index (κ2) is 8.79. The van der Waals surface area contributed by atoms with Gasteiger partial charge >= 0.3 is 0 Å². The smallest absolute Gasteiger partial charge is 0.261 e. The van der Waals surface area contributed by atoms with E-state index in [0.29, 0.717) is 18.8 Å². The largest absolute Gasteiger partial charge is 0.484 e. The Balaban J connectivity index is 1.93. The highest BCUT2D eigenvalue weighted by Gasteiger charge is 2.13. The molecule has 0 bridgehead atoms. The van der Waals surface area contributed by atoms with Crippen LogP contribution in [0.4, 0.5) is 0 Å². The minimum atomic E-state index is -0.0479. The Morgan fingerprint density at radius 3 is 2.39 bits per heavy atom. The van der Waals surface area contributed by atoms with Gasteiger partial charge < -0.3 is 9.64 Å². The van der Waals surface area contributed by atoms with Crippen LogP contribution in [0.2, 0.25) is 0 Å². The summed E-state index contributed by atoms with van der Waals surface area (Å²) in [6.45, 7) is 6.93. The second-order valence-electron chi connectivity index (χ2n) is 5.33. The molecule has 0 heterocycles. The van der Waals surface area contributed by atoms with Crippen LogP contribution in [-0.2, 0) is 17.8 Å². The molecule has 3 heteroatoms. The molecule has 0 aromatic heterocycles. The van der Waals surface area contributed by atoms with Crippen molar-refractivity contribution in [2.45, 2.75) is 19.9 Å². The maximum absolute atomic E-state index is 12.4. The van der Waals surface area contributed by atoms with Crippen LogP contribution in [0.15, 0.2) is 67.3 Å². The summed E-state index contributed by atoms with van der Waals surface area (Å²) < 4.78 is 5.61. The van der Waals surface area contributed by atoms with Gasteiger partial charge in [-0.2, -0.15) is 0 Å². The zero-order chi connectivity index (χ0) is 16.5. The van der Waals surface area contributed by atoms with Crippen molar-refractivity contribution in [2.75, 3.05) is 13.2 Å². The van der Waals surface area contributed by atoms with Crippen molar-refractivity contribution in [3.63, 3.8) is 0 Å². The van der Waals surface area contributed by atoms with Crippen molar-refractivity contribution < 1.29 is 9.53 Å². The highest BCUT2D eigenvalue weighted by atomic mass is 16.5. The molecule has 0 saturated heterocycles. The first-order chi connectivity index (χ1) is 11.2. The van der Waals surface area contributed by atoms with E-state index in [1.807, 2.05) is 54.6 Å². The van der Waals surface area contributed by atoms with Crippen LogP contribution in [0.3, 0.4) is 0 Å². The van der Waals surface area contributed by atoms with Gasteiger partial charge in [-0.15, -0.1) is 6.58 Å². The molecule has 23 heavy (non-hydrogen) atoms. The average molecular weight is 309 g/mol. The second-order valence-corrected chi connectivity index (χ2v) is 5.33. The Labute approximate surface area is 138 Å². The van der Waals surface area contributed by atoms with E-state index in [0.717, 1.165) is 12.0 Å². The molecule has 2 aromatic rings. The van der Waals surface area contributed by atoms with Gasteiger partial charge in [-0.05, 0) is 29.7 Å². The molecule has 0 aliphatic heterocycles. The van der Waals surface area contributed by atoms with E-state index in [4.69, 9.17) is 4.74 Å². The predicted octanol–water partition coefficient (Wildman–Crippen LogP) is 3.84. The number of rotatable bonds is 8. The third-order valence-corrected chi connectivity index (χ3v) is 3.61. The summed E-state index contributed by atoms with van der Waals surface area (Å²) in [5, 5.41) is 0. The fourth-order valence-electron chi connectivity index (χ4n) is 2.27. The molecule has 0 radical (unpaired) electrons. The number of carbonyl (C=O) groups excluding carboxylic acids is 1. The monoisotopic (exact) mass is 309 g/mol. The third kappa shape index (κ3) is 5.29. The van der Waals surface area contributed by atoms with E-state index in [1.54, 1.807) is 11.0 Å². The van der Waals surface area contributed by atoms with Crippen molar-refractivity contribution in [1.29, 1.82) is 0 Å². The fourth-order valence-corrected chi connectivity index (χ4v) is 2.27. The van der Waals surface area contributed by atoms with Gasteiger partial charge in [-0.25, -0.2) is 0 Å². The van der Waals surface area contributed by atoms with Gasteiger partial charge in [0.15, 0.2) is 6.61 Å². The standard InChI is InChI=1S/C20H23NO2/c1-3-14-21(15-18-8-6-5-7-9-18)20(22)16-23-19-12-10-17(4-2)11-13-19/h3,5-13H,1,4,14-16H2,2H3. The van der Waals surface area contributed by atoms with E-state index in [1.165, 1.54) is 5.56 Å². The summed E-state index contributed by atoms with van der Waals surface area (Å²) in [6, 6.07) is 17.8. The number of nitrogens with zero attached hydrogens (tertiary/aromatic N) is 1. The van der Waals surface area contributed by atoms with E-state index in [2.05, 4.69) is 13.5 Å². The van der Waals surface area contributed by atoms with Crippen molar-refractivity contribution in [2.24, 2.45) is 0 Å². The fraction of sp³-hybridized carbons (Fsp3) is 0.250. The lowest BCUT2D eigenvalue weighted by molar-refractivity contribution is -0.133. The lowest BCUT2D eigenvalue weighted by Crippen LogP contribution is -2.34. The van der Waals surface area contributed by atoms with Crippen LogP contribution in [0.1, 0.15) is 18.1 Å². The maximum Gasteiger partial charge on any atom is 0.261 e. The Hall–Kier alpha value is -2.55. The van der Waals surface area contributed by atoms with Crippen molar-refractivity contribution in [1.82, 2.24) is 4.90 Å². The number of ether oxygens (including phenoxy) is 1. The minimum Gasteiger partial charge on any atom is -0.484 e. The molecular formula is C20H23NO2. The van der Waals surface area contributed by atoms with Crippen LogP contribution in [0, 0.1) is 0 Å². The highest BCUT2D eigenvalue weighted by molar-refractivity contribution is 5.78. The number of hydrogen-bond acceptors (Lipinski definition) is 2. The first-order valence-corrected chi connectivity index (χ1v) is 7.87. The number of benzene rings is 2. The molecule has 0 saturated carbocycles. The quantitative estimate of drug-likeness (QED) is 0.693. The summed E-state index contributed by atoms with van der Waals surface area (Å²) in [6.07, 6.45) is 2.72. The molecule has 3 nitrogen and oxygen atoms in total. The van der Waals surface area contributed by atoms with Gasteiger partial charge in [0.2, 0.25) is 0 Å². The van der Waals surface area contributed by atoms with E-state index in [-0.39, 0.29) is 12.5 Å². The maximum atomic E-state index is 12.4. The molecule has 0 N–H and O–H groups in total. The molecule has 0 aliphatic rings. The summed E-state index contributed by atoms with van der Waals surface area (Å²) in [5.41, 5.74) is 2.34. The third-order valence-electron chi connectivity index (χ3n) is 3.61.